The van der Waals surface area contributed by atoms with E-state index >= 15 is 0 Å². The number of carbonyl (C=O) groups excluding carboxylic acids is 1. The number of carbonyl (C=O) groups is 1. The largest absolute Gasteiger partial charge is 0.469 e. The minimum absolute atomic E-state index is 0.0823. The Kier molecular flexibility index (Phi) is 4.88. The number of rotatable bonds is 3. The Bertz CT molecular complexity index is 514. The first kappa shape index (κ1) is 15.4. The summed E-state index contributed by atoms with van der Waals surface area (Å²) in [6, 6.07) is 1.63. The van der Waals surface area contributed by atoms with E-state index in [0.717, 1.165) is 25.7 Å². The molecular weight excluding hydrogens is 270 g/mol. The maximum atomic E-state index is 12.5. The zero-order chi connectivity index (χ0) is 15.3. The zero-order valence-corrected chi connectivity index (χ0v) is 12.4. The Morgan fingerprint density at radius 2 is 1.95 bits per heavy atom. The number of aryl methyl sites for hydroxylation is 1. The fourth-order valence-electron chi connectivity index (χ4n) is 2.95. The second kappa shape index (κ2) is 6.65. The van der Waals surface area contributed by atoms with Crippen LogP contribution in [0.15, 0.2) is 21.9 Å². The van der Waals surface area contributed by atoms with Gasteiger partial charge >= 0.3 is 0 Å². The Morgan fingerprint density at radius 1 is 1.33 bits per heavy atom. The van der Waals surface area contributed by atoms with Crippen LogP contribution >= 0.6 is 0 Å². The van der Waals surface area contributed by atoms with Crippen molar-refractivity contribution in [1.82, 2.24) is 5.32 Å². The summed E-state index contributed by atoms with van der Waals surface area (Å²) in [6.07, 6.45) is 8.14. The number of nitrogens with two attached hydrogens (primary N) is 1. The summed E-state index contributed by atoms with van der Waals surface area (Å²) in [4.78, 5) is 12.5. The molecule has 0 atom stereocenters. The Labute approximate surface area is 124 Å². The maximum Gasteiger partial charge on any atom is 0.255 e. The van der Waals surface area contributed by atoms with Crippen molar-refractivity contribution in [2.75, 3.05) is 0 Å². The van der Waals surface area contributed by atoms with E-state index in [2.05, 4.69) is 10.5 Å². The van der Waals surface area contributed by atoms with Crippen LogP contribution in [0.3, 0.4) is 0 Å². The standard InChI is InChI=1S/C15H23N3O3/c1-11-12(7-10-21-11)13(19)17-15(14(16)18-20)8-5-3-2-4-6-9-15/h7,10,20H,2-6,8-9H2,1H3,(H2,16,18)(H,17,19). The van der Waals surface area contributed by atoms with Crippen molar-refractivity contribution in [3.63, 3.8) is 0 Å². The van der Waals surface area contributed by atoms with Crippen LogP contribution < -0.4 is 11.1 Å². The Balaban J connectivity index is 2.23. The third kappa shape index (κ3) is 3.37. The van der Waals surface area contributed by atoms with E-state index < -0.39 is 5.54 Å². The monoisotopic (exact) mass is 293 g/mol. The van der Waals surface area contributed by atoms with Crippen LogP contribution in [0.2, 0.25) is 0 Å². The van der Waals surface area contributed by atoms with Gasteiger partial charge in [0.1, 0.15) is 11.3 Å². The molecule has 1 fully saturated rings. The summed E-state index contributed by atoms with van der Waals surface area (Å²) in [5.74, 6) is 0.403. The Hall–Kier alpha value is -1.98. The minimum atomic E-state index is -0.768. The van der Waals surface area contributed by atoms with Gasteiger partial charge in [-0.2, -0.15) is 0 Å². The van der Waals surface area contributed by atoms with Crippen molar-refractivity contribution in [3.8, 4) is 0 Å². The summed E-state index contributed by atoms with van der Waals surface area (Å²) < 4.78 is 5.17. The Morgan fingerprint density at radius 3 is 2.48 bits per heavy atom. The fourth-order valence-corrected chi connectivity index (χ4v) is 2.95. The lowest BCUT2D eigenvalue weighted by Crippen LogP contribution is -2.57. The lowest BCUT2D eigenvalue weighted by Gasteiger charge is -2.35. The van der Waals surface area contributed by atoms with Crippen LogP contribution in [0.5, 0.6) is 0 Å². The van der Waals surface area contributed by atoms with Gasteiger partial charge in [-0.1, -0.05) is 37.3 Å². The number of hydrogen-bond acceptors (Lipinski definition) is 4. The van der Waals surface area contributed by atoms with Crippen LogP contribution in [0, 0.1) is 6.92 Å². The average Bonchev–Trinajstić information content (AvgIpc) is 2.87. The molecule has 1 aliphatic rings. The molecule has 21 heavy (non-hydrogen) atoms. The summed E-state index contributed by atoms with van der Waals surface area (Å²) in [7, 11) is 0. The summed E-state index contributed by atoms with van der Waals surface area (Å²) >= 11 is 0. The topological polar surface area (TPSA) is 101 Å². The van der Waals surface area contributed by atoms with Crippen molar-refractivity contribution in [2.45, 2.75) is 57.4 Å². The van der Waals surface area contributed by atoms with Crippen molar-refractivity contribution < 1.29 is 14.4 Å². The van der Waals surface area contributed by atoms with Crippen LogP contribution in [0.4, 0.5) is 0 Å². The molecule has 1 amide bonds. The molecule has 0 aliphatic heterocycles. The zero-order valence-electron chi connectivity index (χ0n) is 12.4. The predicted octanol–water partition coefficient (Wildman–Crippen LogP) is 2.55. The average molecular weight is 293 g/mol. The van der Waals surface area contributed by atoms with Gasteiger partial charge in [0.15, 0.2) is 5.84 Å². The summed E-state index contributed by atoms with van der Waals surface area (Å²) in [5, 5.41) is 15.3. The molecule has 116 valence electrons. The highest BCUT2D eigenvalue weighted by Crippen LogP contribution is 2.27. The molecule has 0 radical (unpaired) electrons. The molecule has 1 aromatic heterocycles. The second-order valence-electron chi connectivity index (χ2n) is 5.68. The lowest BCUT2D eigenvalue weighted by molar-refractivity contribution is 0.0909. The molecule has 1 aromatic rings. The van der Waals surface area contributed by atoms with Gasteiger partial charge in [-0.3, -0.25) is 4.79 Å². The second-order valence-corrected chi connectivity index (χ2v) is 5.68. The molecule has 0 unspecified atom stereocenters. The van der Waals surface area contributed by atoms with E-state index in [9.17, 15) is 4.79 Å². The third-order valence-corrected chi connectivity index (χ3v) is 4.26. The van der Waals surface area contributed by atoms with Crippen LogP contribution in [0.1, 0.15) is 61.1 Å². The first-order chi connectivity index (χ1) is 10.1. The highest BCUT2D eigenvalue weighted by Gasteiger charge is 2.37. The lowest BCUT2D eigenvalue weighted by atomic mass is 9.82. The highest BCUT2D eigenvalue weighted by molar-refractivity contribution is 6.00. The molecule has 2 rings (SSSR count). The van der Waals surface area contributed by atoms with E-state index in [0.29, 0.717) is 24.2 Å². The number of nitrogens with one attached hydrogen (secondary N) is 1. The third-order valence-electron chi connectivity index (χ3n) is 4.26. The van der Waals surface area contributed by atoms with Gasteiger partial charge in [0, 0.05) is 0 Å². The molecule has 6 heteroatoms. The number of oxime groups is 1. The van der Waals surface area contributed by atoms with Crippen molar-refractivity contribution in [1.29, 1.82) is 0 Å². The van der Waals surface area contributed by atoms with Gasteiger partial charge in [0.05, 0.1) is 11.8 Å². The van der Waals surface area contributed by atoms with Crippen molar-refractivity contribution in [2.24, 2.45) is 10.9 Å². The molecule has 1 aliphatic carbocycles. The number of amidine groups is 1. The molecule has 1 heterocycles. The molecule has 4 N–H and O–H groups in total. The first-order valence-corrected chi connectivity index (χ1v) is 7.44. The molecule has 0 spiro atoms. The van der Waals surface area contributed by atoms with E-state index in [4.69, 9.17) is 15.4 Å². The quantitative estimate of drug-likeness (QED) is 0.345. The van der Waals surface area contributed by atoms with Crippen molar-refractivity contribution >= 4 is 11.7 Å². The highest BCUT2D eigenvalue weighted by atomic mass is 16.4. The summed E-state index contributed by atoms with van der Waals surface area (Å²) in [5.41, 5.74) is 5.62. The number of furan rings is 1. The molecule has 6 nitrogen and oxygen atoms in total. The summed E-state index contributed by atoms with van der Waals surface area (Å²) in [6.45, 7) is 1.74. The van der Waals surface area contributed by atoms with Crippen LogP contribution in [-0.2, 0) is 0 Å². The van der Waals surface area contributed by atoms with Gasteiger partial charge in [-0.25, -0.2) is 0 Å². The molecular formula is C15H23N3O3. The van der Waals surface area contributed by atoms with Crippen LogP contribution in [0.25, 0.3) is 0 Å². The van der Waals surface area contributed by atoms with Gasteiger partial charge < -0.3 is 20.7 Å². The maximum absolute atomic E-state index is 12.5. The number of amides is 1. The van der Waals surface area contributed by atoms with E-state index in [-0.39, 0.29) is 11.7 Å². The van der Waals surface area contributed by atoms with E-state index in [1.54, 1.807) is 13.0 Å². The SMILES string of the molecule is Cc1occc1C(=O)NC1(/C(N)=N/O)CCCCCCC1. The molecule has 0 bridgehead atoms. The number of hydrogen-bond donors (Lipinski definition) is 3. The van der Waals surface area contributed by atoms with Gasteiger partial charge in [0.25, 0.3) is 5.91 Å². The number of nitrogens with zero attached hydrogens (tertiary/aromatic N) is 1. The molecule has 0 aromatic carbocycles. The molecule has 1 saturated carbocycles. The van der Waals surface area contributed by atoms with Crippen molar-refractivity contribution in [3.05, 3.63) is 23.7 Å². The van der Waals surface area contributed by atoms with E-state index in [1.165, 1.54) is 12.7 Å². The molecule has 0 saturated heterocycles. The first-order valence-electron chi connectivity index (χ1n) is 7.44. The predicted molar refractivity (Wildman–Crippen MR) is 79.4 cm³/mol. The minimum Gasteiger partial charge on any atom is -0.469 e. The van der Waals surface area contributed by atoms with Gasteiger partial charge in [-0.05, 0) is 25.8 Å². The fraction of sp³-hybridized carbons (Fsp3) is 0.600. The normalized spacial score (nSPS) is 19.6. The van der Waals surface area contributed by atoms with E-state index in [1.807, 2.05) is 0 Å². The smallest absolute Gasteiger partial charge is 0.255 e. The van der Waals surface area contributed by atoms with Crippen LogP contribution in [-0.4, -0.2) is 22.5 Å². The van der Waals surface area contributed by atoms with Gasteiger partial charge in [-0.15, -0.1) is 0 Å². The van der Waals surface area contributed by atoms with Gasteiger partial charge in [0.2, 0.25) is 0 Å².